The maximum Gasteiger partial charge on any atom is 0.0213 e. The van der Waals surface area contributed by atoms with Crippen LogP contribution in [0, 0.1) is 5.92 Å². The summed E-state index contributed by atoms with van der Waals surface area (Å²) in [5.41, 5.74) is 1.23. The molecule has 0 aliphatic carbocycles. The molecular weight excluding hydrogens is 98.1 g/mol. The summed E-state index contributed by atoms with van der Waals surface area (Å²) in [5, 5.41) is 0. The molecule has 1 heteroatoms. The predicted octanol–water partition coefficient (Wildman–Crippen LogP) is 1.98. The van der Waals surface area contributed by atoms with Crippen molar-refractivity contribution in [2.75, 3.05) is 0 Å². The molecule has 1 heterocycles. The number of nitrogens with one attached hydrogen (secondary N) is 1. The Labute approximate surface area is 49.7 Å². The molecule has 0 amide bonds. The van der Waals surface area contributed by atoms with Gasteiger partial charge in [0.2, 0.25) is 0 Å². The lowest BCUT2D eigenvalue weighted by Gasteiger charge is -1.96. The first-order valence-corrected chi connectivity index (χ1v) is 2.74. The van der Waals surface area contributed by atoms with Crippen molar-refractivity contribution >= 4 is 0 Å². The van der Waals surface area contributed by atoms with Crippen LogP contribution in [-0.2, 0) is 0 Å². The Morgan fingerprint density at radius 1 is 1.50 bits per heavy atom. The van der Waals surface area contributed by atoms with E-state index in [-0.39, 0.29) is 0 Å². The molecule has 0 aliphatic rings. The van der Waals surface area contributed by atoms with Gasteiger partial charge in [-0.3, -0.25) is 0 Å². The fraction of sp³-hybridized carbons (Fsp3) is 0.286. The highest BCUT2D eigenvalue weighted by Crippen LogP contribution is 2.07. The van der Waals surface area contributed by atoms with Crippen LogP contribution < -0.4 is 0 Å². The molecule has 1 aromatic heterocycles. The van der Waals surface area contributed by atoms with E-state index in [1.54, 1.807) is 0 Å². The third-order valence-corrected chi connectivity index (χ3v) is 1.14. The average molecular weight is 108 g/mol. The van der Waals surface area contributed by atoms with Crippen molar-refractivity contribution in [2.24, 2.45) is 0 Å². The molecule has 1 rings (SSSR count). The molecule has 8 heavy (non-hydrogen) atoms. The van der Waals surface area contributed by atoms with Crippen LogP contribution in [0.2, 0.25) is 0 Å². The maximum absolute atomic E-state index is 3.10. The van der Waals surface area contributed by atoms with Crippen molar-refractivity contribution in [1.29, 1.82) is 0 Å². The molecule has 0 unspecified atom stereocenters. The van der Waals surface area contributed by atoms with Crippen LogP contribution in [-0.4, -0.2) is 4.98 Å². The van der Waals surface area contributed by atoms with Crippen LogP contribution in [0.3, 0.4) is 0 Å². The fourth-order valence-corrected chi connectivity index (χ4v) is 0.641. The van der Waals surface area contributed by atoms with E-state index < -0.39 is 0 Å². The first-order chi connectivity index (χ1) is 3.80. The Bertz CT molecular complexity index is 139. The summed E-state index contributed by atoms with van der Waals surface area (Å²) in [7, 11) is 0. The Morgan fingerprint density at radius 3 is 2.50 bits per heavy atom. The highest BCUT2D eigenvalue weighted by Gasteiger charge is 1.95. The minimum atomic E-state index is 1.23. The minimum Gasteiger partial charge on any atom is -0.365 e. The monoisotopic (exact) mass is 108 g/mol. The highest BCUT2D eigenvalue weighted by atomic mass is 14.7. The lowest BCUT2D eigenvalue weighted by Crippen LogP contribution is -1.85. The van der Waals surface area contributed by atoms with Crippen molar-refractivity contribution in [2.45, 2.75) is 13.8 Å². The van der Waals surface area contributed by atoms with E-state index in [0.717, 1.165) is 0 Å². The molecule has 1 nitrogen and oxygen atoms in total. The number of hydrogen-bond donors (Lipinski definition) is 1. The predicted molar refractivity (Wildman–Crippen MR) is 34.5 cm³/mol. The van der Waals surface area contributed by atoms with E-state index in [9.17, 15) is 0 Å². The minimum absolute atomic E-state index is 1.23. The fourth-order valence-electron chi connectivity index (χ4n) is 0.641. The molecule has 0 bridgehead atoms. The van der Waals surface area contributed by atoms with E-state index in [2.05, 4.69) is 24.9 Å². The molecule has 0 aromatic carbocycles. The average Bonchev–Trinajstić information content (AvgIpc) is 2.12. The summed E-state index contributed by atoms with van der Waals surface area (Å²) in [4.78, 5) is 3.10. The molecule has 1 radical (unpaired) electrons. The van der Waals surface area contributed by atoms with Crippen LogP contribution in [0.1, 0.15) is 19.5 Å². The third-order valence-electron chi connectivity index (χ3n) is 1.14. The molecule has 0 atom stereocenters. The maximum atomic E-state index is 3.10. The van der Waals surface area contributed by atoms with Crippen LogP contribution >= 0.6 is 0 Å². The number of hydrogen-bond acceptors (Lipinski definition) is 0. The zero-order chi connectivity index (χ0) is 5.98. The van der Waals surface area contributed by atoms with Crippen molar-refractivity contribution < 1.29 is 0 Å². The summed E-state index contributed by atoms with van der Waals surface area (Å²) in [6, 6.07) is 4.07. The molecule has 0 fully saturated rings. The van der Waals surface area contributed by atoms with Crippen LogP contribution in [0.5, 0.6) is 0 Å². The Hall–Kier alpha value is -0.720. The Kier molecular flexibility index (Phi) is 1.38. The summed E-state index contributed by atoms with van der Waals surface area (Å²) >= 11 is 0. The van der Waals surface area contributed by atoms with Crippen LogP contribution in [0.15, 0.2) is 18.3 Å². The smallest absolute Gasteiger partial charge is 0.0213 e. The van der Waals surface area contributed by atoms with Gasteiger partial charge in [0.15, 0.2) is 0 Å². The topological polar surface area (TPSA) is 15.8 Å². The summed E-state index contributed by atoms with van der Waals surface area (Å²) in [5.74, 6) is 1.33. The molecule has 0 aliphatic heterocycles. The Balaban J connectivity index is 2.77. The second-order valence-corrected chi connectivity index (χ2v) is 2.08. The second-order valence-electron chi connectivity index (χ2n) is 2.08. The normalized spacial score (nSPS) is 10.4. The molecule has 43 valence electrons. The van der Waals surface area contributed by atoms with E-state index in [0.29, 0.717) is 0 Å². The van der Waals surface area contributed by atoms with Gasteiger partial charge in [-0.1, -0.05) is 13.8 Å². The largest absolute Gasteiger partial charge is 0.365 e. The molecule has 1 aromatic rings. The van der Waals surface area contributed by atoms with Crippen molar-refractivity contribution in [3.63, 3.8) is 0 Å². The molecule has 1 N–H and O–H groups in total. The summed E-state index contributed by atoms with van der Waals surface area (Å²) in [6.45, 7) is 4.18. The molecule has 0 saturated carbocycles. The zero-order valence-corrected chi connectivity index (χ0v) is 5.23. The lowest BCUT2D eigenvalue weighted by atomic mass is 10.1. The van der Waals surface area contributed by atoms with Gasteiger partial charge in [-0.15, -0.1) is 0 Å². The van der Waals surface area contributed by atoms with Crippen molar-refractivity contribution in [3.8, 4) is 0 Å². The van der Waals surface area contributed by atoms with Gasteiger partial charge in [-0.05, 0) is 12.1 Å². The van der Waals surface area contributed by atoms with Gasteiger partial charge in [0.1, 0.15) is 0 Å². The van der Waals surface area contributed by atoms with E-state index in [1.807, 2.05) is 12.3 Å². The summed E-state index contributed by atoms with van der Waals surface area (Å²) < 4.78 is 0. The van der Waals surface area contributed by atoms with Gasteiger partial charge in [0.05, 0.1) is 0 Å². The number of aromatic amines is 1. The zero-order valence-electron chi connectivity index (χ0n) is 5.23. The molecular formula is C7H10N. The summed E-state index contributed by atoms with van der Waals surface area (Å²) in [6.07, 6.45) is 1.93. The van der Waals surface area contributed by atoms with Crippen LogP contribution in [0.25, 0.3) is 0 Å². The van der Waals surface area contributed by atoms with Crippen molar-refractivity contribution in [3.05, 3.63) is 29.9 Å². The third kappa shape index (κ3) is 0.915. The lowest BCUT2D eigenvalue weighted by molar-refractivity contribution is 1.08. The molecule has 0 spiro atoms. The number of H-pyrrole nitrogens is 1. The van der Waals surface area contributed by atoms with Gasteiger partial charge in [0.25, 0.3) is 0 Å². The van der Waals surface area contributed by atoms with Gasteiger partial charge in [0, 0.05) is 17.8 Å². The van der Waals surface area contributed by atoms with Gasteiger partial charge >= 0.3 is 0 Å². The van der Waals surface area contributed by atoms with E-state index >= 15 is 0 Å². The van der Waals surface area contributed by atoms with E-state index in [1.165, 1.54) is 11.6 Å². The molecule has 0 saturated heterocycles. The van der Waals surface area contributed by atoms with Crippen molar-refractivity contribution in [1.82, 2.24) is 4.98 Å². The number of aromatic nitrogens is 1. The number of rotatable bonds is 1. The highest BCUT2D eigenvalue weighted by molar-refractivity contribution is 5.19. The second kappa shape index (κ2) is 2.03. The standard InChI is InChI=1S/C7H10N/c1-6(2)7-4-3-5-8-7/h3-5,8H,1-2H3. The van der Waals surface area contributed by atoms with Gasteiger partial charge in [-0.2, -0.15) is 0 Å². The first-order valence-electron chi connectivity index (χ1n) is 2.74. The Morgan fingerprint density at radius 2 is 2.25 bits per heavy atom. The quantitative estimate of drug-likeness (QED) is 0.566. The SMILES string of the molecule is C[C](C)c1ccc[nH]1. The van der Waals surface area contributed by atoms with E-state index in [4.69, 9.17) is 0 Å². The van der Waals surface area contributed by atoms with Crippen LogP contribution in [0.4, 0.5) is 0 Å². The van der Waals surface area contributed by atoms with Gasteiger partial charge in [-0.25, -0.2) is 0 Å². The van der Waals surface area contributed by atoms with Gasteiger partial charge < -0.3 is 4.98 Å². The first kappa shape index (κ1) is 5.42.